The summed E-state index contributed by atoms with van der Waals surface area (Å²) in [7, 11) is 0. The Morgan fingerprint density at radius 1 is 1.27 bits per heavy atom. The van der Waals surface area contributed by atoms with Gasteiger partial charge in [0.1, 0.15) is 6.42 Å². The zero-order valence-electron chi connectivity index (χ0n) is 8.80. The van der Waals surface area contributed by atoms with Crippen LogP contribution in [0.4, 0.5) is 8.78 Å². The van der Waals surface area contributed by atoms with Crippen LogP contribution in [0.5, 0.6) is 0 Å². The maximum Gasteiger partial charge on any atom is 0.286 e. The molecule has 1 nitrogen and oxygen atoms in total. The van der Waals surface area contributed by atoms with Crippen molar-refractivity contribution in [1.82, 2.24) is 0 Å². The molecule has 0 fully saturated rings. The summed E-state index contributed by atoms with van der Waals surface area (Å²) in [6, 6.07) is 7.66. The Hall–Kier alpha value is -1.43. The van der Waals surface area contributed by atoms with E-state index in [1.807, 2.05) is 13.8 Å². The van der Waals surface area contributed by atoms with Crippen molar-refractivity contribution in [3.8, 4) is 6.07 Å². The van der Waals surface area contributed by atoms with Crippen LogP contribution in [0.15, 0.2) is 24.3 Å². The monoisotopic (exact) mass is 209 g/mol. The number of hydrogen-bond acceptors (Lipinski definition) is 1. The Kier molecular flexibility index (Phi) is 3.41. The molecule has 0 heterocycles. The third-order valence-corrected chi connectivity index (χ3v) is 2.30. The topological polar surface area (TPSA) is 23.8 Å². The van der Waals surface area contributed by atoms with Crippen molar-refractivity contribution in [3.63, 3.8) is 0 Å². The third kappa shape index (κ3) is 2.76. The molecule has 1 aromatic carbocycles. The molecule has 3 heteroatoms. The highest BCUT2D eigenvalue weighted by atomic mass is 19.3. The minimum absolute atomic E-state index is 0.0894. The summed E-state index contributed by atoms with van der Waals surface area (Å²) in [5, 5.41) is 8.28. The summed E-state index contributed by atoms with van der Waals surface area (Å²) >= 11 is 0. The molecule has 0 saturated heterocycles. The molecule has 80 valence electrons. The summed E-state index contributed by atoms with van der Waals surface area (Å²) in [6.07, 6.45) is -0.770. The van der Waals surface area contributed by atoms with E-state index in [2.05, 4.69) is 0 Å². The molecule has 0 aromatic heterocycles. The van der Waals surface area contributed by atoms with E-state index >= 15 is 0 Å². The van der Waals surface area contributed by atoms with Gasteiger partial charge in [-0.1, -0.05) is 38.1 Å². The summed E-state index contributed by atoms with van der Waals surface area (Å²) < 4.78 is 26.5. The molecule has 0 bridgehead atoms. The lowest BCUT2D eigenvalue weighted by molar-refractivity contribution is 0.000931. The van der Waals surface area contributed by atoms with E-state index in [0.29, 0.717) is 5.92 Å². The van der Waals surface area contributed by atoms with Gasteiger partial charge in [0.15, 0.2) is 0 Å². The van der Waals surface area contributed by atoms with Gasteiger partial charge in [0.05, 0.1) is 6.07 Å². The minimum atomic E-state index is -3.04. The van der Waals surface area contributed by atoms with E-state index in [9.17, 15) is 8.78 Å². The normalized spacial score (nSPS) is 11.5. The minimum Gasteiger partial charge on any atom is -0.200 e. The van der Waals surface area contributed by atoms with Crippen LogP contribution in [-0.2, 0) is 5.92 Å². The maximum atomic E-state index is 13.3. The number of nitrogens with zero attached hydrogens (tertiary/aromatic N) is 1. The average Bonchev–Trinajstić information content (AvgIpc) is 2.18. The first-order chi connectivity index (χ1) is 6.97. The second kappa shape index (κ2) is 4.39. The standard InChI is InChI=1S/C12H13F2N/c1-9(2)10-3-5-11(6-4-10)12(13,14)7-8-15/h3-6,9H,7H2,1-2H3. The first-order valence-corrected chi connectivity index (χ1v) is 4.82. The molecule has 0 unspecified atom stereocenters. The highest BCUT2D eigenvalue weighted by Crippen LogP contribution is 2.31. The molecule has 15 heavy (non-hydrogen) atoms. The Labute approximate surface area is 88.3 Å². The van der Waals surface area contributed by atoms with Crippen LogP contribution < -0.4 is 0 Å². The van der Waals surface area contributed by atoms with Crippen LogP contribution in [-0.4, -0.2) is 0 Å². The molecular formula is C12H13F2N. The van der Waals surface area contributed by atoms with E-state index in [-0.39, 0.29) is 5.56 Å². The number of benzene rings is 1. The van der Waals surface area contributed by atoms with Gasteiger partial charge < -0.3 is 0 Å². The zero-order chi connectivity index (χ0) is 11.5. The lowest BCUT2D eigenvalue weighted by Gasteiger charge is -2.14. The molecule has 0 N–H and O–H groups in total. The van der Waals surface area contributed by atoms with Crippen LogP contribution >= 0.6 is 0 Å². The number of nitriles is 1. The molecule has 0 amide bonds. The summed E-state index contributed by atoms with van der Waals surface area (Å²) in [6.45, 7) is 4.00. The predicted octanol–water partition coefficient (Wildman–Crippen LogP) is 3.82. The van der Waals surface area contributed by atoms with Crippen molar-refractivity contribution >= 4 is 0 Å². The van der Waals surface area contributed by atoms with E-state index in [0.717, 1.165) is 5.56 Å². The van der Waals surface area contributed by atoms with E-state index in [4.69, 9.17) is 5.26 Å². The predicted molar refractivity (Wildman–Crippen MR) is 54.7 cm³/mol. The zero-order valence-corrected chi connectivity index (χ0v) is 8.80. The van der Waals surface area contributed by atoms with E-state index in [1.165, 1.54) is 18.2 Å². The van der Waals surface area contributed by atoms with Gasteiger partial charge >= 0.3 is 0 Å². The largest absolute Gasteiger partial charge is 0.286 e. The van der Waals surface area contributed by atoms with Crippen LogP contribution in [0, 0.1) is 11.3 Å². The van der Waals surface area contributed by atoms with Gasteiger partial charge in [0, 0.05) is 5.56 Å². The highest BCUT2D eigenvalue weighted by molar-refractivity contribution is 5.28. The van der Waals surface area contributed by atoms with Gasteiger partial charge in [-0.15, -0.1) is 0 Å². The molecule has 0 aliphatic heterocycles. The van der Waals surface area contributed by atoms with Crippen molar-refractivity contribution in [2.24, 2.45) is 0 Å². The Morgan fingerprint density at radius 2 is 1.80 bits per heavy atom. The van der Waals surface area contributed by atoms with Gasteiger partial charge in [0.25, 0.3) is 5.92 Å². The SMILES string of the molecule is CC(C)c1ccc(C(F)(F)CC#N)cc1. The lowest BCUT2D eigenvalue weighted by atomic mass is 9.99. The van der Waals surface area contributed by atoms with Gasteiger partial charge in [-0.25, -0.2) is 8.78 Å². The summed E-state index contributed by atoms with van der Waals surface area (Å²) in [5.41, 5.74) is 0.931. The van der Waals surface area contributed by atoms with Crippen molar-refractivity contribution in [1.29, 1.82) is 5.26 Å². The van der Waals surface area contributed by atoms with Crippen LogP contribution in [0.25, 0.3) is 0 Å². The quantitative estimate of drug-likeness (QED) is 0.742. The van der Waals surface area contributed by atoms with Gasteiger partial charge in [-0.05, 0) is 11.5 Å². The first kappa shape index (κ1) is 11.6. The molecule has 0 spiro atoms. The summed E-state index contributed by atoms with van der Waals surface area (Å²) in [4.78, 5) is 0. The fourth-order valence-corrected chi connectivity index (χ4v) is 1.31. The third-order valence-electron chi connectivity index (χ3n) is 2.30. The van der Waals surface area contributed by atoms with Crippen molar-refractivity contribution in [2.75, 3.05) is 0 Å². The molecule has 0 aliphatic carbocycles. The Bertz CT molecular complexity index is 360. The van der Waals surface area contributed by atoms with Crippen LogP contribution in [0.3, 0.4) is 0 Å². The summed E-state index contributed by atoms with van der Waals surface area (Å²) in [5.74, 6) is -2.71. The van der Waals surface area contributed by atoms with Gasteiger partial charge in [0.2, 0.25) is 0 Å². The maximum absolute atomic E-state index is 13.3. The molecule has 1 rings (SSSR count). The highest BCUT2D eigenvalue weighted by Gasteiger charge is 2.30. The molecular weight excluding hydrogens is 196 g/mol. The number of rotatable bonds is 3. The second-order valence-corrected chi connectivity index (χ2v) is 3.82. The fraction of sp³-hybridized carbons (Fsp3) is 0.417. The average molecular weight is 209 g/mol. The number of halogens is 2. The van der Waals surface area contributed by atoms with Crippen molar-refractivity contribution in [3.05, 3.63) is 35.4 Å². The Balaban J connectivity index is 2.94. The lowest BCUT2D eigenvalue weighted by Crippen LogP contribution is -2.12. The van der Waals surface area contributed by atoms with E-state index < -0.39 is 12.3 Å². The second-order valence-electron chi connectivity index (χ2n) is 3.82. The molecule has 1 aromatic rings. The van der Waals surface area contributed by atoms with Crippen molar-refractivity contribution in [2.45, 2.75) is 32.1 Å². The first-order valence-electron chi connectivity index (χ1n) is 4.82. The van der Waals surface area contributed by atoms with Gasteiger partial charge in [-0.2, -0.15) is 5.26 Å². The molecule has 0 atom stereocenters. The molecule has 0 radical (unpaired) electrons. The Morgan fingerprint density at radius 3 is 2.20 bits per heavy atom. The molecule has 0 saturated carbocycles. The fourth-order valence-electron chi connectivity index (χ4n) is 1.31. The van der Waals surface area contributed by atoms with E-state index in [1.54, 1.807) is 12.1 Å². The van der Waals surface area contributed by atoms with Crippen LogP contribution in [0.2, 0.25) is 0 Å². The van der Waals surface area contributed by atoms with Crippen molar-refractivity contribution < 1.29 is 8.78 Å². The van der Waals surface area contributed by atoms with Crippen LogP contribution in [0.1, 0.15) is 37.3 Å². The van der Waals surface area contributed by atoms with Gasteiger partial charge in [-0.3, -0.25) is 0 Å². The molecule has 0 aliphatic rings. The number of alkyl halides is 2. The smallest absolute Gasteiger partial charge is 0.200 e. The number of hydrogen-bond donors (Lipinski definition) is 0.